The Balaban J connectivity index is 0.000000215. The molecule has 0 aliphatic carbocycles. The molecule has 12 nitrogen and oxygen atoms in total. The lowest BCUT2D eigenvalue weighted by atomic mass is 10.0. The molecular formula is C69H60O12S3. The molecular weight excluding hydrogens is 1120 g/mol. The van der Waals surface area contributed by atoms with Gasteiger partial charge in [0.25, 0.3) is 0 Å². The van der Waals surface area contributed by atoms with Gasteiger partial charge in [-0.1, -0.05) is 102 Å². The Bertz CT molecular complexity index is 3720. The number of rotatable bonds is 15. The van der Waals surface area contributed by atoms with Crippen LogP contribution in [0.5, 0.6) is 17.2 Å². The van der Waals surface area contributed by atoms with Crippen LogP contribution in [0.25, 0.3) is 0 Å². The van der Waals surface area contributed by atoms with Crippen LogP contribution in [0.15, 0.2) is 230 Å². The first-order valence-corrected chi connectivity index (χ1v) is 28.6. The molecule has 15 heteroatoms. The number of carbonyl (C=O) groups excluding carboxylic acids is 6. The lowest BCUT2D eigenvalue weighted by molar-refractivity contribution is 0.0591. The van der Waals surface area contributed by atoms with Gasteiger partial charge >= 0.3 is 35.8 Å². The number of esters is 6. The van der Waals surface area contributed by atoms with Crippen LogP contribution >= 0.6 is 35.3 Å². The van der Waals surface area contributed by atoms with Gasteiger partial charge in [-0.05, 0) is 203 Å². The normalized spacial score (nSPS) is 10.4. The number of ether oxygens (including phenoxy) is 6. The number of methoxy groups -OCH3 is 3. The molecule has 84 heavy (non-hydrogen) atoms. The number of hydrogen-bond acceptors (Lipinski definition) is 15. The minimum Gasteiger partial charge on any atom is -0.465 e. The van der Waals surface area contributed by atoms with Crippen molar-refractivity contribution in [3.63, 3.8) is 0 Å². The van der Waals surface area contributed by atoms with Crippen molar-refractivity contribution < 1.29 is 57.2 Å². The van der Waals surface area contributed by atoms with E-state index in [1.807, 2.05) is 75.4 Å². The Morgan fingerprint density at radius 2 is 0.583 bits per heavy atom. The summed E-state index contributed by atoms with van der Waals surface area (Å²) in [7, 11) is 3.86. The lowest BCUT2D eigenvalue weighted by Crippen LogP contribution is -2.16. The third-order valence-electron chi connectivity index (χ3n) is 13.0. The Hall–Kier alpha value is -9.15. The molecule has 426 valence electrons. The first-order chi connectivity index (χ1) is 40.5. The predicted molar refractivity (Wildman–Crippen MR) is 328 cm³/mol. The smallest absolute Gasteiger partial charge is 0.343 e. The number of aryl methyl sites for hydroxylation is 2. The van der Waals surface area contributed by atoms with E-state index in [4.69, 9.17) is 23.7 Å². The van der Waals surface area contributed by atoms with Crippen LogP contribution in [-0.4, -0.2) is 57.1 Å². The summed E-state index contributed by atoms with van der Waals surface area (Å²) in [6.45, 7) is 11.7. The van der Waals surface area contributed by atoms with E-state index < -0.39 is 35.8 Å². The molecule has 0 radical (unpaired) electrons. The fourth-order valence-electron chi connectivity index (χ4n) is 8.01. The molecule has 0 N–H and O–H groups in total. The van der Waals surface area contributed by atoms with Crippen LogP contribution in [0.1, 0.15) is 95.5 Å². The van der Waals surface area contributed by atoms with E-state index in [1.165, 1.54) is 104 Å². The van der Waals surface area contributed by atoms with E-state index in [-0.39, 0.29) is 33.8 Å². The molecule has 0 atom stereocenters. The van der Waals surface area contributed by atoms with E-state index in [2.05, 4.69) is 79.2 Å². The number of carbonyl (C=O) groups is 6. The molecule has 0 fully saturated rings. The molecule has 0 saturated heterocycles. The quantitative estimate of drug-likeness (QED) is 0.0542. The van der Waals surface area contributed by atoms with Crippen LogP contribution in [-0.2, 0) is 14.2 Å². The minimum absolute atomic E-state index is 0.102. The maximum atomic E-state index is 13.4. The summed E-state index contributed by atoms with van der Waals surface area (Å²) >= 11 is 4.99. The largest absolute Gasteiger partial charge is 0.465 e. The molecule has 9 aromatic rings. The van der Waals surface area contributed by atoms with Gasteiger partial charge in [-0.3, -0.25) is 0 Å². The molecule has 9 rings (SSSR count). The van der Waals surface area contributed by atoms with E-state index in [0.717, 1.165) is 41.8 Å². The Morgan fingerprint density at radius 3 is 0.940 bits per heavy atom. The summed E-state index contributed by atoms with van der Waals surface area (Å²) < 4.78 is 31.4. The summed E-state index contributed by atoms with van der Waals surface area (Å²) in [5, 5.41) is 0. The third-order valence-corrected chi connectivity index (χ3v) is 16.6. The molecule has 0 bridgehead atoms. The van der Waals surface area contributed by atoms with Crippen molar-refractivity contribution >= 4 is 71.1 Å². The zero-order chi connectivity index (χ0) is 60.3. The summed E-state index contributed by atoms with van der Waals surface area (Å²) in [4.78, 5) is 80.9. The minimum atomic E-state index is -0.698. The molecule has 0 heterocycles. The monoisotopic (exact) mass is 1180 g/mol. The first-order valence-electron chi connectivity index (χ1n) is 26.2. The van der Waals surface area contributed by atoms with E-state index >= 15 is 0 Å². The molecule has 0 unspecified atom stereocenters. The van der Waals surface area contributed by atoms with Gasteiger partial charge < -0.3 is 28.4 Å². The molecule has 9 aromatic carbocycles. The highest BCUT2D eigenvalue weighted by molar-refractivity contribution is 8.00. The standard InChI is InChI=1S/C36H34O8S.C21H16O4S.C12H10S/c1-19-9-10-20(2)31(21(19)3)45-32-23(5)22(4)29(43-35(39)27-15-11-25(12-16-27)33(37)41-7)30(24(32)6)44-36(40)28-17-13-26(14-18-28)34(38)42-8;1-24-20(22)15-7-9-16(10-8-15)21(23)25-17-11-13-19(14-12-17)26-18-5-3-2-4-6-18;1-3-7-11(8-4-1)13-12-9-5-2-6-10-12/h9-18H,1-8H3;2-14H,1H3;1-10H. The fourth-order valence-corrected chi connectivity index (χ4v) is 11.0. The van der Waals surface area contributed by atoms with Crippen molar-refractivity contribution in [3.8, 4) is 17.2 Å². The van der Waals surface area contributed by atoms with Crippen molar-refractivity contribution in [3.05, 3.63) is 267 Å². The third kappa shape index (κ3) is 16.7. The van der Waals surface area contributed by atoms with Crippen LogP contribution in [0, 0.1) is 41.5 Å². The number of benzene rings is 9. The maximum absolute atomic E-state index is 13.4. The maximum Gasteiger partial charge on any atom is 0.343 e. The first kappa shape index (κ1) is 62.5. The van der Waals surface area contributed by atoms with E-state index in [9.17, 15) is 28.8 Å². The topological polar surface area (TPSA) is 158 Å². The SMILES string of the molecule is COC(=O)c1ccc(C(=O)Oc2c(C)c(C)c(Sc3c(C)ccc(C)c3C)c(C)c2OC(=O)c2ccc(C(=O)OC)cc2)cc1.COC(=O)c1ccc(C(=O)Oc2ccc(Sc3ccccc3)cc2)cc1.c1ccc(Sc2ccccc2)cc1. The molecule has 0 aliphatic heterocycles. The van der Waals surface area contributed by atoms with Gasteiger partial charge in [0.1, 0.15) is 5.75 Å². The molecule has 0 aromatic heterocycles. The average molecular weight is 1180 g/mol. The summed E-state index contributed by atoms with van der Waals surface area (Å²) in [5.74, 6) is -2.71. The fraction of sp³-hybridized carbons (Fsp3) is 0.130. The van der Waals surface area contributed by atoms with Crippen molar-refractivity contribution in [2.24, 2.45) is 0 Å². The van der Waals surface area contributed by atoms with Crippen molar-refractivity contribution in [1.29, 1.82) is 0 Å². The van der Waals surface area contributed by atoms with Gasteiger partial charge in [-0.25, -0.2) is 28.8 Å². The van der Waals surface area contributed by atoms with Gasteiger partial charge in [0, 0.05) is 34.9 Å². The lowest BCUT2D eigenvalue weighted by Gasteiger charge is -2.22. The van der Waals surface area contributed by atoms with Crippen LogP contribution in [0.4, 0.5) is 0 Å². The Kier molecular flexibility index (Phi) is 22.5. The second-order valence-corrected chi connectivity index (χ2v) is 21.9. The van der Waals surface area contributed by atoms with Crippen molar-refractivity contribution in [1.82, 2.24) is 0 Å². The predicted octanol–water partition coefficient (Wildman–Crippen LogP) is 16.4. The Morgan fingerprint density at radius 1 is 0.274 bits per heavy atom. The van der Waals surface area contributed by atoms with Crippen LogP contribution in [0.3, 0.4) is 0 Å². The highest BCUT2D eigenvalue weighted by Crippen LogP contribution is 2.47. The highest BCUT2D eigenvalue weighted by atomic mass is 32.2. The van der Waals surface area contributed by atoms with Crippen LogP contribution in [0.2, 0.25) is 0 Å². The molecule has 0 saturated carbocycles. The second kappa shape index (κ2) is 30.2. The van der Waals surface area contributed by atoms with Gasteiger partial charge in [0.15, 0.2) is 11.5 Å². The zero-order valence-corrected chi connectivity index (χ0v) is 50.1. The molecule has 0 spiro atoms. The van der Waals surface area contributed by atoms with Crippen molar-refractivity contribution in [2.75, 3.05) is 21.3 Å². The van der Waals surface area contributed by atoms with Crippen LogP contribution < -0.4 is 14.2 Å². The summed E-state index contributed by atoms with van der Waals surface area (Å²) in [6.07, 6.45) is 0. The van der Waals surface area contributed by atoms with Crippen molar-refractivity contribution in [2.45, 2.75) is 70.9 Å². The molecule has 0 amide bonds. The average Bonchev–Trinajstić information content (AvgIpc) is 2.51. The summed E-state index contributed by atoms with van der Waals surface area (Å²) in [6, 6.07) is 60.2. The van der Waals surface area contributed by atoms with Gasteiger partial charge in [-0.2, -0.15) is 0 Å². The van der Waals surface area contributed by atoms with Gasteiger partial charge in [-0.15, -0.1) is 0 Å². The van der Waals surface area contributed by atoms with E-state index in [1.54, 1.807) is 54.3 Å². The summed E-state index contributed by atoms with van der Waals surface area (Å²) in [5.41, 5.74) is 7.20. The second-order valence-electron chi connectivity index (χ2n) is 18.6. The van der Waals surface area contributed by atoms with Gasteiger partial charge in [0.05, 0.1) is 54.7 Å². The molecule has 0 aliphatic rings. The number of hydrogen-bond donors (Lipinski definition) is 0. The van der Waals surface area contributed by atoms with Gasteiger partial charge in [0.2, 0.25) is 0 Å². The highest BCUT2D eigenvalue weighted by Gasteiger charge is 2.27. The van der Waals surface area contributed by atoms with E-state index in [0.29, 0.717) is 28.0 Å². The Labute approximate surface area is 501 Å². The zero-order valence-electron chi connectivity index (χ0n) is 47.7.